The van der Waals surface area contributed by atoms with Crippen LogP contribution in [0.25, 0.3) is 11.0 Å². The van der Waals surface area contributed by atoms with E-state index in [4.69, 9.17) is 0 Å². The molecule has 0 aliphatic carbocycles. The lowest BCUT2D eigenvalue weighted by atomic mass is 9.91. The molecule has 0 radical (unpaired) electrons. The van der Waals surface area contributed by atoms with E-state index in [1.165, 1.54) is 24.0 Å². The van der Waals surface area contributed by atoms with Crippen molar-refractivity contribution in [2.24, 2.45) is 0 Å². The summed E-state index contributed by atoms with van der Waals surface area (Å²) in [6.07, 6.45) is 2.43. The second-order valence-electron chi connectivity index (χ2n) is 7.53. The number of nitrogens with zero attached hydrogens (tertiary/aromatic N) is 2. The summed E-state index contributed by atoms with van der Waals surface area (Å²) in [5.74, 6) is 1.37. The lowest BCUT2D eigenvalue weighted by Gasteiger charge is -2.23. The number of hydrogen-bond acceptors (Lipinski definition) is 3. The van der Waals surface area contributed by atoms with Gasteiger partial charge in [0.15, 0.2) is 0 Å². The minimum atomic E-state index is 0.0138. The average molecular weight is 362 g/mol. The number of aryl methyl sites for hydroxylation is 1. The van der Waals surface area contributed by atoms with Crippen LogP contribution in [0.2, 0.25) is 0 Å². The monoisotopic (exact) mass is 362 g/mol. The van der Waals surface area contributed by atoms with Crippen LogP contribution in [0.15, 0.2) is 42.5 Å². The molecule has 1 amide bonds. The zero-order chi connectivity index (χ0) is 18.8. The van der Waals surface area contributed by atoms with E-state index < -0.39 is 0 Å². The van der Waals surface area contributed by atoms with Gasteiger partial charge in [0.05, 0.1) is 17.6 Å². The number of benzene rings is 2. The highest BCUT2D eigenvalue weighted by molar-refractivity contribution is 5.94. The molecule has 4 rings (SSSR count). The first-order chi connectivity index (χ1) is 13.1. The number of rotatable bonds is 4. The molecule has 1 aliphatic heterocycles. The number of hydrogen-bond donors (Lipinski definition) is 2. The Balaban J connectivity index is 1.44. The Labute approximate surface area is 159 Å². The lowest BCUT2D eigenvalue weighted by molar-refractivity contribution is 0.0782. The standard InChI is InChI=1S/C22H26N4O/c1-15-5-10-19-20(12-15)25-21(24-19)14-26(2)22(27)17-8-6-16(7-9-17)18-4-3-11-23-13-18/h5-10,12,18,23H,3-4,11,13-14H2,1-2H3,(H,24,25)/t18-/m0/s1. The molecular weight excluding hydrogens is 336 g/mol. The fourth-order valence-corrected chi connectivity index (χ4v) is 3.80. The molecule has 3 aromatic rings. The molecule has 1 aromatic heterocycles. The number of imidazole rings is 1. The molecule has 2 aromatic carbocycles. The van der Waals surface area contributed by atoms with Gasteiger partial charge in [0, 0.05) is 19.2 Å². The van der Waals surface area contributed by atoms with Crippen LogP contribution in [-0.4, -0.2) is 40.9 Å². The molecule has 2 N–H and O–H groups in total. The molecule has 2 heterocycles. The van der Waals surface area contributed by atoms with Crippen molar-refractivity contribution in [1.82, 2.24) is 20.2 Å². The normalized spacial score (nSPS) is 17.2. The van der Waals surface area contributed by atoms with Crippen molar-refractivity contribution in [2.45, 2.75) is 32.2 Å². The van der Waals surface area contributed by atoms with Crippen molar-refractivity contribution >= 4 is 16.9 Å². The van der Waals surface area contributed by atoms with Crippen LogP contribution in [0.4, 0.5) is 0 Å². The Kier molecular flexibility index (Phi) is 4.94. The highest BCUT2D eigenvalue weighted by Gasteiger charge is 2.17. The average Bonchev–Trinajstić information content (AvgIpc) is 3.09. The number of amides is 1. The third kappa shape index (κ3) is 3.88. The van der Waals surface area contributed by atoms with E-state index in [1.54, 1.807) is 4.90 Å². The van der Waals surface area contributed by atoms with Crippen molar-refractivity contribution in [1.29, 1.82) is 0 Å². The minimum absolute atomic E-state index is 0.0138. The predicted molar refractivity (Wildman–Crippen MR) is 108 cm³/mol. The molecule has 0 unspecified atom stereocenters. The van der Waals surface area contributed by atoms with Crippen LogP contribution in [0.5, 0.6) is 0 Å². The van der Waals surface area contributed by atoms with Gasteiger partial charge in [-0.15, -0.1) is 0 Å². The van der Waals surface area contributed by atoms with Gasteiger partial charge in [-0.3, -0.25) is 4.79 Å². The van der Waals surface area contributed by atoms with Crippen LogP contribution in [0.3, 0.4) is 0 Å². The summed E-state index contributed by atoms with van der Waals surface area (Å²) in [5.41, 5.74) is 5.17. The second-order valence-corrected chi connectivity index (χ2v) is 7.53. The molecule has 1 fully saturated rings. The molecule has 0 bridgehead atoms. The summed E-state index contributed by atoms with van der Waals surface area (Å²) >= 11 is 0. The van der Waals surface area contributed by atoms with Gasteiger partial charge in [-0.05, 0) is 67.6 Å². The highest BCUT2D eigenvalue weighted by Crippen LogP contribution is 2.23. The van der Waals surface area contributed by atoms with Crippen molar-refractivity contribution < 1.29 is 4.79 Å². The van der Waals surface area contributed by atoms with Gasteiger partial charge in [0.25, 0.3) is 5.91 Å². The van der Waals surface area contributed by atoms with Gasteiger partial charge in [-0.25, -0.2) is 4.98 Å². The maximum absolute atomic E-state index is 12.8. The van der Waals surface area contributed by atoms with Crippen LogP contribution in [0.1, 0.15) is 46.1 Å². The second kappa shape index (κ2) is 7.53. The Bertz CT molecular complexity index is 939. The number of aromatic nitrogens is 2. The van der Waals surface area contributed by atoms with Crippen LogP contribution < -0.4 is 5.32 Å². The van der Waals surface area contributed by atoms with Crippen LogP contribution >= 0.6 is 0 Å². The Morgan fingerprint density at radius 1 is 1.22 bits per heavy atom. The Hall–Kier alpha value is -2.66. The first-order valence-corrected chi connectivity index (χ1v) is 9.61. The zero-order valence-corrected chi connectivity index (χ0v) is 16.0. The molecule has 27 heavy (non-hydrogen) atoms. The first kappa shape index (κ1) is 17.7. The summed E-state index contributed by atoms with van der Waals surface area (Å²) in [6.45, 7) is 4.65. The van der Waals surface area contributed by atoms with Gasteiger partial charge in [-0.2, -0.15) is 0 Å². The molecule has 5 nitrogen and oxygen atoms in total. The zero-order valence-electron chi connectivity index (χ0n) is 16.0. The van der Waals surface area contributed by atoms with Crippen molar-refractivity contribution in [3.05, 3.63) is 65.0 Å². The molecule has 140 valence electrons. The van der Waals surface area contributed by atoms with Gasteiger partial charge in [0.2, 0.25) is 0 Å². The highest BCUT2D eigenvalue weighted by atomic mass is 16.2. The number of aromatic amines is 1. The molecule has 0 spiro atoms. The molecular formula is C22H26N4O. The van der Waals surface area contributed by atoms with E-state index in [0.29, 0.717) is 12.5 Å². The van der Waals surface area contributed by atoms with Gasteiger partial charge in [-0.1, -0.05) is 18.2 Å². The minimum Gasteiger partial charge on any atom is -0.340 e. The van der Waals surface area contributed by atoms with E-state index in [9.17, 15) is 4.79 Å². The fourth-order valence-electron chi connectivity index (χ4n) is 3.80. The third-order valence-electron chi connectivity index (χ3n) is 5.35. The summed E-state index contributed by atoms with van der Waals surface area (Å²) in [4.78, 5) is 22.4. The van der Waals surface area contributed by atoms with Gasteiger partial charge < -0.3 is 15.2 Å². The maximum Gasteiger partial charge on any atom is 0.253 e. The first-order valence-electron chi connectivity index (χ1n) is 9.61. The molecule has 1 atom stereocenters. The van der Waals surface area contributed by atoms with E-state index in [1.807, 2.05) is 31.3 Å². The largest absolute Gasteiger partial charge is 0.340 e. The molecule has 1 saturated heterocycles. The van der Waals surface area contributed by atoms with E-state index in [2.05, 4.69) is 40.4 Å². The van der Waals surface area contributed by atoms with Crippen LogP contribution in [0, 0.1) is 6.92 Å². The third-order valence-corrected chi connectivity index (χ3v) is 5.35. The number of carbonyl (C=O) groups is 1. The van der Waals surface area contributed by atoms with Gasteiger partial charge >= 0.3 is 0 Å². The van der Waals surface area contributed by atoms with Crippen molar-refractivity contribution in [2.75, 3.05) is 20.1 Å². The Morgan fingerprint density at radius 2 is 2.04 bits per heavy atom. The quantitative estimate of drug-likeness (QED) is 0.745. The smallest absolute Gasteiger partial charge is 0.253 e. The molecule has 5 heteroatoms. The number of piperidine rings is 1. The molecule has 0 saturated carbocycles. The number of fused-ring (bicyclic) bond motifs is 1. The summed E-state index contributed by atoms with van der Waals surface area (Å²) < 4.78 is 0. The SMILES string of the molecule is Cc1ccc2nc(CN(C)C(=O)c3ccc([C@H]4CCCNC4)cc3)[nH]c2c1. The number of carbonyl (C=O) groups excluding carboxylic acids is 1. The fraction of sp³-hybridized carbons (Fsp3) is 0.364. The summed E-state index contributed by atoms with van der Waals surface area (Å²) in [6, 6.07) is 14.2. The van der Waals surface area contributed by atoms with E-state index in [0.717, 1.165) is 35.5 Å². The van der Waals surface area contributed by atoms with Crippen molar-refractivity contribution in [3.8, 4) is 0 Å². The summed E-state index contributed by atoms with van der Waals surface area (Å²) in [7, 11) is 1.82. The van der Waals surface area contributed by atoms with Gasteiger partial charge in [0.1, 0.15) is 5.82 Å². The van der Waals surface area contributed by atoms with E-state index >= 15 is 0 Å². The predicted octanol–water partition coefficient (Wildman–Crippen LogP) is 3.61. The Morgan fingerprint density at radius 3 is 2.78 bits per heavy atom. The number of nitrogens with one attached hydrogen (secondary N) is 2. The van der Waals surface area contributed by atoms with Crippen molar-refractivity contribution in [3.63, 3.8) is 0 Å². The maximum atomic E-state index is 12.8. The van der Waals surface area contributed by atoms with Crippen LogP contribution in [-0.2, 0) is 6.54 Å². The molecule has 1 aliphatic rings. The summed E-state index contributed by atoms with van der Waals surface area (Å²) in [5, 5.41) is 3.45. The topological polar surface area (TPSA) is 61.0 Å². The lowest BCUT2D eigenvalue weighted by Crippen LogP contribution is -2.28. The number of H-pyrrole nitrogens is 1. The van der Waals surface area contributed by atoms with E-state index in [-0.39, 0.29) is 5.91 Å².